The molecule has 2 aliphatic rings. The number of rotatable bonds is 6. The van der Waals surface area contributed by atoms with Gasteiger partial charge in [0.25, 0.3) is 0 Å². The molecular weight excluding hydrogens is 330 g/mol. The minimum absolute atomic E-state index is 0.0865. The molecule has 2 amide bonds. The normalized spacial score (nSPS) is 23.0. The lowest BCUT2D eigenvalue weighted by Crippen LogP contribution is -2.54. The van der Waals surface area contributed by atoms with Crippen molar-refractivity contribution in [3.05, 3.63) is 35.9 Å². The van der Waals surface area contributed by atoms with Crippen LogP contribution in [0.1, 0.15) is 50.6 Å². The number of benzene rings is 1. The average Bonchev–Trinajstić information content (AvgIpc) is 3.31. The molecule has 0 radical (unpaired) electrons. The third kappa shape index (κ3) is 4.36. The number of amides is 2. The molecule has 6 heteroatoms. The fourth-order valence-corrected chi connectivity index (χ4v) is 4.21. The van der Waals surface area contributed by atoms with Crippen LogP contribution in [0.4, 0.5) is 4.79 Å². The summed E-state index contributed by atoms with van der Waals surface area (Å²) in [5, 5.41) is 15.9. The molecule has 3 N–H and O–H groups in total. The van der Waals surface area contributed by atoms with Gasteiger partial charge >= 0.3 is 12.0 Å². The maximum Gasteiger partial charge on any atom is 0.317 e. The molecule has 0 aromatic heterocycles. The zero-order valence-corrected chi connectivity index (χ0v) is 15.4. The second-order valence-electron chi connectivity index (χ2n) is 7.69. The number of carboxylic acid groups (broad SMARTS) is 1. The Morgan fingerprint density at radius 3 is 2.58 bits per heavy atom. The number of carbonyl (C=O) groups is 2. The number of nitrogens with one attached hydrogen (secondary N) is 2. The van der Waals surface area contributed by atoms with E-state index in [2.05, 4.69) is 29.7 Å². The molecule has 1 aromatic rings. The van der Waals surface area contributed by atoms with E-state index in [1.165, 1.54) is 5.56 Å². The summed E-state index contributed by atoms with van der Waals surface area (Å²) in [7, 11) is 0. The second-order valence-corrected chi connectivity index (χ2v) is 7.69. The largest absolute Gasteiger partial charge is 0.481 e. The number of carboxylic acids is 1. The van der Waals surface area contributed by atoms with E-state index in [1.54, 1.807) is 4.90 Å². The molecule has 2 fully saturated rings. The van der Waals surface area contributed by atoms with Crippen molar-refractivity contribution in [1.82, 2.24) is 15.5 Å². The standard InChI is InChI=1S/C20H29N3O3/c1-15(16-7-3-2-4-8-16)22-20(10-5-6-11-20)14-21-19(26)23-12-9-17(13-23)18(24)25/h2-4,7-8,15,17,22H,5-6,9-14H2,1H3,(H,21,26)(H,24,25). The van der Waals surface area contributed by atoms with Crippen LogP contribution < -0.4 is 10.6 Å². The zero-order chi connectivity index (χ0) is 18.6. The van der Waals surface area contributed by atoms with E-state index in [9.17, 15) is 9.59 Å². The van der Waals surface area contributed by atoms with Gasteiger partial charge in [0.15, 0.2) is 0 Å². The van der Waals surface area contributed by atoms with Crippen molar-refractivity contribution in [1.29, 1.82) is 0 Å². The third-order valence-electron chi connectivity index (χ3n) is 5.79. The van der Waals surface area contributed by atoms with Gasteiger partial charge in [-0.1, -0.05) is 43.2 Å². The molecule has 1 aliphatic carbocycles. The highest BCUT2D eigenvalue weighted by atomic mass is 16.4. The Kier molecular flexibility index (Phi) is 5.81. The minimum atomic E-state index is -0.814. The van der Waals surface area contributed by atoms with Gasteiger partial charge in [0.1, 0.15) is 0 Å². The number of hydrogen-bond donors (Lipinski definition) is 3. The smallest absolute Gasteiger partial charge is 0.317 e. The number of nitrogens with zero attached hydrogens (tertiary/aromatic N) is 1. The Morgan fingerprint density at radius 2 is 1.96 bits per heavy atom. The van der Waals surface area contributed by atoms with E-state index >= 15 is 0 Å². The Labute approximate surface area is 155 Å². The van der Waals surface area contributed by atoms with Crippen LogP contribution >= 0.6 is 0 Å². The molecular formula is C20H29N3O3. The predicted octanol–water partition coefficient (Wildman–Crippen LogP) is 2.77. The first-order valence-electron chi connectivity index (χ1n) is 9.57. The van der Waals surface area contributed by atoms with Crippen LogP contribution in [0.3, 0.4) is 0 Å². The van der Waals surface area contributed by atoms with Crippen molar-refractivity contribution in [2.75, 3.05) is 19.6 Å². The summed E-state index contributed by atoms with van der Waals surface area (Å²) in [6.07, 6.45) is 4.95. The number of aliphatic carboxylic acids is 1. The molecule has 142 valence electrons. The topological polar surface area (TPSA) is 81.7 Å². The van der Waals surface area contributed by atoms with Crippen LogP contribution in [-0.4, -0.2) is 47.2 Å². The van der Waals surface area contributed by atoms with Gasteiger partial charge in [-0.15, -0.1) is 0 Å². The zero-order valence-electron chi connectivity index (χ0n) is 15.4. The molecule has 3 rings (SSSR count). The Bertz CT molecular complexity index is 628. The van der Waals surface area contributed by atoms with Crippen molar-refractivity contribution in [3.63, 3.8) is 0 Å². The van der Waals surface area contributed by atoms with Crippen LogP contribution in [0.15, 0.2) is 30.3 Å². The van der Waals surface area contributed by atoms with E-state index in [0.29, 0.717) is 26.1 Å². The molecule has 2 atom stereocenters. The van der Waals surface area contributed by atoms with E-state index in [0.717, 1.165) is 25.7 Å². The minimum Gasteiger partial charge on any atom is -0.481 e. The molecule has 0 spiro atoms. The van der Waals surface area contributed by atoms with Crippen molar-refractivity contribution < 1.29 is 14.7 Å². The third-order valence-corrected chi connectivity index (χ3v) is 5.79. The summed E-state index contributed by atoms with van der Waals surface area (Å²) in [5.41, 5.74) is 1.16. The van der Waals surface area contributed by atoms with Crippen LogP contribution in [-0.2, 0) is 4.79 Å². The summed E-state index contributed by atoms with van der Waals surface area (Å²) in [4.78, 5) is 25.2. The monoisotopic (exact) mass is 359 g/mol. The fourth-order valence-electron chi connectivity index (χ4n) is 4.21. The second kappa shape index (κ2) is 8.08. The molecule has 6 nitrogen and oxygen atoms in total. The number of hydrogen-bond acceptors (Lipinski definition) is 3. The number of urea groups is 1. The fraction of sp³-hybridized carbons (Fsp3) is 0.600. The maximum absolute atomic E-state index is 12.5. The molecule has 1 saturated heterocycles. The van der Waals surface area contributed by atoms with Crippen molar-refractivity contribution >= 4 is 12.0 Å². The molecule has 2 unspecified atom stereocenters. The summed E-state index contributed by atoms with van der Waals surface area (Å²) >= 11 is 0. The molecule has 0 bridgehead atoms. The van der Waals surface area contributed by atoms with Gasteiger partial charge in [0.2, 0.25) is 0 Å². The highest BCUT2D eigenvalue weighted by Gasteiger charge is 2.37. The average molecular weight is 359 g/mol. The first-order valence-corrected chi connectivity index (χ1v) is 9.57. The number of carbonyl (C=O) groups excluding carboxylic acids is 1. The van der Waals surface area contributed by atoms with Crippen molar-refractivity contribution in [2.24, 2.45) is 5.92 Å². The predicted molar refractivity (Wildman–Crippen MR) is 99.9 cm³/mol. The maximum atomic E-state index is 12.5. The lowest BCUT2D eigenvalue weighted by atomic mass is 9.94. The van der Waals surface area contributed by atoms with E-state index in [-0.39, 0.29) is 17.6 Å². The summed E-state index contributed by atoms with van der Waals surface area (Å²) in [5.74, 6) is -1.25. The Balaban J connectivity index is 1.56. The van der Waals surface area contributed by atoms with Gasteiger partial charge in [-0.2, -0.15) is 0 Å². The molecule has 1 heterocycles. The molecule has 1 saturated carbocycles. The molecule has 1 aromatic carbocycles. The van der Waals surface area contributed by atoms with Gasteiger partial charge in [-0.25, -0.2) is 4.79 Å². The highest BCUT2D eigenvalue weighted by molar-refractivity contribution is 5.77. The number of likely N-dealkylation sites (tertiary alicyclic amines) is 1. The van der Waals surface area contributed by atoms with Gasteiger partial charge in [-0.05, 0) is 31.7 Å². The van der Waals surface area contributed by atoms with E-state index in [1.807, 2.05) is 18.2 Å². The van der Waals surface area contributed by atoms with Gasteiger partial charge in [0, 0.05) is 31.2 Å². The van der Waals surface area contributed by atoms with Gasteiger partial charge < -0.3 is 20.6 Å². The van der Waals surface area contributed by atoms with Crippen molar-refractivity contribution in [3.8, 4) is 0 Å². The summed E-state index contributed by atoms with van der Waals surface area (Å²) < 4.78 is 0. The quantitative estimate of drug-likeness (QED) is 0.729. The van der Waals surface area contributed by atoms with E-state index < -0.39 is 11.9 Å². The van der Waals surface area contributed by atoms with E-state index in [4.69, 9.17) is 5.11 Å². The van der Waals surface area contributed by atoms with Crippen LogP contribution in [0.2, 0.25) is 0 Å². The first kappa shape index (κ1) is 18.7. The van der Waals surface area contributed by atoms with Gasteiger partial charge in [0.05, 0.1) is 5.92 Å². The van der Waals surface area contributed by atoms with Gasteiger partial charge in [-0.3, -0.25) is 4.79 Å². The molecule has 26 heavy (non-hydrogen) atoms. The van der Waals surface area contributed by atoms with Crippen LogP contribution in [0.25, 0.3) is 0 Å². The molecule has 1 aliphatic heterocycles. The SMILES string of the molecule is CC(NC1(CNC(=O)N2CCC(C(=O)O)C2)CCCC1)c1ccccc1. The lowest BCUT2D eigenvalue weighted by Gasteiger charge is -2.35. The van der Waals surface area contributed by atoms with Crippen LogP contribution in [0, 0.1) is 5.92 Å². The first-order chi connectivity index (χ1) is 12.5. The Hall–Kier alpha value is -2.08. The summed E-state index contributed by atoms with van der Waals surface area (Å²) in [6.45, 7) is 3.57. The van der Waals surface area contributed by atoms with Crippen molar-refractivity contribution in [2.45, 2.75) is 50.6 Å². The summed E-state index contributed by atoms with van der Waals surface area (Å²) in [6, 6.07) is 10.4. The van der Waals surface area contributed by atoms with Crippen LogP contribution in [0.5, 0.6) is 0 Å². The highest BCUT2D eigenvalue weighted by Crippen LogP contribution is 2.32. The Morgan fingerprint density at radius 1 is 1.27 bits per heavy atom. The lowest BCUT2D eigenvalue weighted by molar-refractivity contribution is -0.141.